The molecule has 0 radical (unpaired) electrons. The number of amides is 1. The van der Waals surface area contributed by atoms with Gasteiger partial charge in [0, 0.05) is 30.8 Å². The summed E-state index contributed by atoms with van der Waals surface area (Å²) >= 11 is 0. The molecule has 154 valence electrons. The standard InChI is InChI=1S/C22H21N3O5/c23-13-18(22(26)24-14-20-5-3-11-29-20)12-17-4-1-2-6-21(17)30-15-16-7-9-19(10-8-16)25(27)28/h1-2,4,6-10,12,20H,3,5,11,14-15H2,(H,24,26)/b18-12+/t20-/m0/s1. The van der Waals surface area contributed by atoms with E-state index in [-0.39, 0.29) is 24.0 Å². The maximum atomic E-state index is 12.4. The SMILES string of the molecule is N#C/C(=C\c1ccccc1OCc1ccc([N+](=O)[O-])cc1)C(=O)NC[C@@H]1CCCO1. The van der Waals surface area contributed by atoms with Crippen LogP contribution in [0.3, 0.4) is 0 Å². The van der Waals surface area contributed by atoms with Crippen LogP contribution in [0.25, 0.3) is 6.08 Å². The summed E-state index contributed by atoms with van der Waals surface area (Å²) in [6, 6.07) is 15.0. The van der Waals surface area contributed by atoms with Crippen LogP contribution >= 0.6 is 0 Å². The Morgan fingerprint density at radius 2 is 2.07 bits per heavy atom. The van der Waals surface area contributed by atoms with Crippen LogP contribution in [0.2, 0.25) is 0 Å². The zero-order chi connectivity index (χ0) is 21.3. The van der Waals surface area contributed by atoms with Gasteiger partial charge in [-0.15, -0.1) is 0 Å². The van der Waals surface area contributed by atoms with E-state index in [1.807, 2.05) is 6.07 Å². The van der Waals surface area contributed by atoms with Crippen molar-refractivity contribution in [3.8, 4) is 11.8 Å². The van der Waals surface area contributed by atoms with Gasteiger partial charge in [-0.3, -0.25) is 14.9 Å². The van der Waals surface area contributed by atoms with Crippen molar-refractivity contribution >= 4 is 17.7 Å². The van der Waals surface area contributed by atoms with Crippen LogP contribution in [0.5, 0.6) is 5.75 Å². The third-order valence-electron chi connectivity index (χ3n) is 4.64. The van der Waals surface area contributed by atoms with E-state index in [0.717, 1.165) is 18.4 Å². The van der Waals surface area contributed by atoms with Gasteiger partial charge in [0.15, 0.2) is 0 Å². The fourth-order valence-electron chi connectivity index (χ4n) is 3.02. The minimum atomic E-state index is -0.460. The highest BCUT2D eigenvalue weighted by molar-refractivity contribution is 6.02. The predicted molar refractivity (Wildman–Crippen MR) is 109 cm³/mol. The largest absolute Gasteiger partial charge is 0.488 e. The van der Waals surface area contributed by atoms with Gasteiger partial charge in [-0.25, -0.2) is 0 Å². The van der Waals surface area contributed by atoms with E-state index in [1.54, 1.807) is 36.4 Å². The van der Waals surface area contributed by atoms with Crippen molar-refractivity contribution in [2.24, 2.45) is 0 Å². The molecule has 0 spiro atoms. The Balaban J connectivity index is 1.67. The molecule has 1 amide bonds. The zero-order valence-corrected chi connectivity index (χ0v) is 16.2. The highest BCUT2D eigenvalue weighted by Crippen LogP contribution is 2.23. The first-order chi connectivity index (χ1) is 14.6. The van der Waals surface area contributed by atoms with Crippen molar-refractivity contribution in [3.63, 3.8) is 0 Å². The molecule has 1 aliphatic rings. The van der Waals surface area contributed by atoms with Crippen LogP contribution in [-0.2, 0) is 16.1 Å². The molecule has 3 rings (SSSR count). The minimum Gasteiger partial charge on any atom is -0.488 e. The molecule has 30 heavy (non-hydrogen) atoms. The number of hydrogen-bond donors (Lipinski definition) is 1. The molecule has 1 saturated heterocycles. The van der Waals surface area contributed by atoms with Gasteiger partial charge in [0.2, 0.25) is 0 Å². The average Bonchev–Trinajstić information content (AvgIpc) is 3.29. The Kier molecular flexibility index (Phi) is 7.14. The van der Waals surface area contributed by atoms with Crippen molar-refractivity contribution < 1.29 is 19.2 Å². The third-order valence-corrected chi connectivity index (χ3v) is 4.64. The van der Waals surface area contributed by atoms with Crippen molar-refractivity contribution in [2.75, 3.05) is 13.2 Å². The Bertz CT molecular complexity index is 973. The second kappa shape index (κ2) is 10.2. The monoisotopic (exact) mass is 407 g/mol. The van der Waals surface area contributed by atoms with Gasteiger partial charge in [0.1, 0.15) is 24.0 Å². The molecular formula is C22H21N3O5. The van der Waals surface area contributed by atoms with E-state index >= 15 is 0 Å². The highest BCUT2D eigenvalue weighted by Gasteiger charge is 2.18. The summed E-state index contributed by atoms with van der Waals surface area (Å²) in [5, 5.41) is 22.9. The minimum absolute atomic E-state index is 0.00814. The molecule has 1 atom stereocenters. The number of ether oxygens (including phenoxy) is 2. The van der Waals surface area contributed by atoms with Gasteiger partial charge in [0.25, 0.3) is 11.6 Å². The lowest BCUT2D eigenvalue weighted by molar-refractivity contribution is -0.384. The van der Waals surface area contributed by atoms with Gasteiger partial charge in [0.05, 0.1) is 11.0 Å². The van der Waals surface area contributed by atoms with Crippen LogP contribution in [0.15, 0.2) is 54.1 Å². The molecule has 2 aromatic rings. The molecule has 1 heterocycles. The molecule has 0 saturated carbocycles. The van der Waals surface area contributed by atoms with Crippen molar-refractivity contribution in [3.05, 3.63) is 75.3 Å². The number of para-hydroxylation sites is 1. The molecule has 0 unspecified atom stereocenters. The summed E-state index contributed by atoms with van der Waals surface area (Å²) in [5.41, 5.74) is 1.33. The normalized spacial score (nSPS) is 16.0. The topological polar surface area (TPSA) is 114 Å². The molecule has 8 heteroatoms. The lowest BCUT2D eigenvalue weighted by Crippen LogP contribution is -2.32. The fraction of sp³-hybridized carbons (Fsp3) is 0.273. The van der Waals surface area contributed by atoms with Crippen LogP contribution in [0.4, 0.5) is 5.69 Å². The Hall–Kier alpha value is -3.70. The molecular weight excluding hydrogens is 386 g/mol. The van der Waals surface area contributed by atoms with Crippen molar-refractivity contribution in [1.29, 1.82) is 5.26 Å². The number of nitrogens with one attached hydrogen (secondary N) is 1. The van der Waals surface area contributed by atoms with Gasteiger partial charge in [-0.05, 0) is 42.7 Å². The van der Waals surface area contributed by atoms with Gasteiger partial charge in [-0.2, -0.15) is 5.26 Å². The molecule has 1 aliphatic heterocycles. The summed E-state index contributed by atoms with van der Waals surface area (Å²) in [4.78, 5) is 22.6. The lowest BCUT2D eigenvalue weighted by atomic mass is 10.1. The van der Waals surface area contributed by atoms with Crippen LogP contribution in [0.1, 0.15) is 24.0 Å². The lowest BCUT2D eigenvalue weighted by Gasteiger charge is -2.11. The molecule has 1 N–H and O–H groups in total. The number of nitro benzene ring substituents is 1. The summed E-state index contributed by atoms with van der Waals surface area (Å²) in [6.45, 7) is 1.26. The van der Waals surface area contributed by atoms with Crippen molar-refractivity contribution in [1.82, 2.24) is 5.32 Å². The van der Waals surface area contributed by atoms with Crippen LogP contribution in [0, 0.1) is 21.4 Å². The molecule has 2 aromatic carbocycles. The first-order valence-corrected chi connectivity index (χ1v) is 9.53. The maximum Gasteiger partial charge on any atom is 0.269 e. The van der Waals surface area contributed by atoms with E-state index < -0.39 is 10.8 Å². The number of carbonyl (C=O) groups is 1. The van der Waals surface area contributed by atoms with E-state index in [4.69, 9.17) is 9.47 Å². The molecule has 0 aliphatic carbocycles. The Morgan fingerprint density at radius 3 is 2.73 bits per heavy atom. The van der Waals surface area contributed by atoms with Crippen LogP contribution < -0.4 is 10.1 Å². The predicted octanol–water partition coefficient (Wildman–Crippen LogP) is 3.38. The summed E-state index contributed by atoms with van der Waals surface area (Å²) in [5.74, 6) is 0.0358. The summed E-state index contributed by atoms with van der Waals surface area (Å²) in [7, 11) is 0. The second-order valence-electron chi connectivity index (χ2n) is 6.76. The van der Waals surface area contributed by atoms with Crippen LogP contribution in [-0.4, -0.2) is 30.1 Å². The number of nitriles is 1. The smallest absolute Gasteiger partial charge is 0.269 e. The number of non-ortho nitro benzene ring substituents is 1. The third kappa shape index (κ3) is 5.65. The fourth-order valence-corrected chi connectivity index (χ4v) is 3.02. The van der Waals surface area contributed by atoms with E-state index in [1.165, 1.54) is 18.2 Å². The number of hydrogen-bond acceptors (Lipinski definition) is 6. The van der Waals surface area contributed by atoms with Gasteiger partial charge in [-0.1, -0.05) is 18.2 Å². The van der Waals surface area contributed by atoms with E-state index in [9.17, 15) is 20.2 Å². The number of benzene rings is 2. The van der Waals surface area contributed by atoms with Gasteiger partial charge < -0.3 is 14.8 Å². The number of rotatable bonds is 8. The number of nitro groups is 1. The summed E-state index contributed by atoms with van der Waals surface area (Å²) in [6.07, 6.45) is 3.34. The van der Waals surface area contributed by atoms with Crippen molar-refractivity contribution in [2.45, 2.75) is 25.6 Å². The first kappa shape index (κ1) is 21.0. The van der Waals surface area contributed by atoms with E-state index in [0.29, 0.717) is 24.5 Å². The Morgan fingerprint density at radius 1 is 1.30 bits per heavy atom. The first-order valence-electron chi connectivity index (χ1n) is 9.53. The summed E-state index contributed by atoms with van der Waals surface area (Å²) < 4.78 is 11.3. The molecule has 0 aromatic heterocycles. The quantitative estimate of drug-likeness (QED) is 0.310. The highest BCUT2D eigenvalue weighted by atomic mass is 16.6. The number of nitrogens with zero attached hydrogens (tertiary/aromatic N) is 2. The maximum absolute atomic E-state index is 12.4. The molecule has 8 nitrogen and oxygen atoms in total. The zero-order valence-electron chi connectivity index (χ0n) is 16.2. The Labute approximate surface area is 173 Å². The average molecular weight is 407 g/mol. The molecule has 0 bridgehead atoms. The van der Waals surface area contributed by atoms with E-state index in [2.05, 4.69) is 5.32 Å². The second-order valence-corrected chi connectivity index (χ2v) is 6.76. The van der Waals surface area contributed by atoms with Gasteiger partial charge >= 0.3 is 0 Å². The number of carbonyl (C=O) groups excluding carboxylic acids is 1. The molecule has 1 fully saturated rings.